The predicted octanol–water partition coefficient (Wildman–Crippen LogP) is 3.21. The summed E-state index contributed by atoms with van der Waals surface area (Å²) in [5.41, 5.74) is 2.35. The van der Waals surface area contributed by atoms with Gasteiger partial charge < -0.3 is 15.0 Å². The number of guanidine groups is 1. The number of hydrogen-bond donors (Lipinski definition) is 1. The molecule has 7 nitrogen and oxygen atoms in total. The average molecular weight is 512 g/mol. The zero-order valence-electron chi connectivity index (χ0n) is 17.8. The number of nitrogens with one attached hydrogen (secondary N) is 1. The Morgan fingerprint density at radius 2 is 2.21 bits per heavy atom. The maximum atomic E-state index is 5.98. The molecule has 1 aliphatic heterocycles. The first-order chi connectivity index (χ1) is 13.6. The van der Waals surface area contributed by atoms with Crippen molar-refractivity contribution >= 4 is 29.9 Å². The van der Waals surface area contributed by atoms with Gasteiger partial charge in [-0.3, -0.25) is 14.7 Å². The van der Waals surface area contributed by atoms with E-state index in [0.717, 1.165) is 37.7 Å². The Labute approximate surface area is 191 Å². The number of ether oxygens (including phenoxy) is 1. The molecule has 0 amide bonds. The van der Waals surface area contributed by atoms with E-state index in [0.29, 0.717) is 18.4 Å². The number of morpholine rings is 1. The van der Waals surface area contributed by atoms with Crippen LogP contribution in [0.3, 0.4) is 0 Å². The van der Waals surface area contributed by atoms with Crippen molar-refractivity contribution in [3.63, 3.8) is 0 Å². The van der Waals surface area contributed by atoms with E-state index >= 15 is 0 Å². The second-order valence-electron chi connectivity index (χ2n) is 7.58. The standard InChI is InChI=1S/C21H32N6O.HI/c1-5-23-21(24-13-19(16(2)3)17-7-6-8-22-11-17)27-9-10-28-20(15-27)18-12-25-26(4)14-18;/h6-8,11-12,14,16,19-20H,5,9-10,13,15H2,1-4H3,(H,23,24);1H. The fraction of sp³-hybridized carbons (Fsp3) is 0.571. The molecular weight excluding hydrogens is 479 g/mol. The number of aryl methyl sites for hydroxylation is 1. The summed E-state index contributed by atoms with van der Waals surface area (Å²) in [6, 6.07) is 4.15. The number of rotatable bonds is 6. The Morgan fingerprint density at radius 1 is 1.38 bits per heavy atom. The van der Waals surface area contributed by atoms with Gasteiger partial charge in [-0.2, -0.15) is 5.10 Å². The maximum Gasteiger partial charge on any atom is 0.194 e. The zero-order valence-corrected chi connectivity index (χ0v) is 20.1. The normalized spacial score (nSPS) is 18.4. The first-order valence-electron chi connectivity index (χ1n) is 10.1. The van der Waals surface area contributed by atoms with Crippen molar-refractivity contribution in [2.75, 3.05) is 32.8 Å². The molecule has 160 valence electrons. The molecule has 0 radical (unpaired) electrons. The van der Waals surface area contributed by atoms with E-state index in [1.165, 1.54) is 5.56 Å². The van der Waals surface area contributed by atoms with Gasteiger partial charge in [-0.25, -0.2) is 0 Å². The largest absolute Gasteiger partial charge is 0.370 e. The molecule has 2 aromatic heterocycles. The molecule has 0 saturated carbocycles. The minimum Gasteiger partial charge on any atom is -0.370 e. The Morgan fingerprint density at radius 3 is 2.83 bits per heavy atom. The summed E-state index contributed by atoms with van der Waals surface area (Å²) in [5.74, 6) is 1.79. The molecule has 3 rings (SSSR count). The molecule has 1 saturated heterocycles. The third-order valence-corrected chi connectivity index (χ3v) is 5.15. The highest BCUT2D eigenvalue weighted by Crippen LogP contribution is 2.25. The molecule has 2 atom stereocenters. The Bertz CT molecular complexity index is 764. The highest BCUT2D eigenvalue weighted by atomic mass is 127. The van der Waals surface area contributed by atoms with Crippen LogP contribution in [-0.4, -0.2) is 58.4 Å². The van der Waals surface area contributed by atoms with Gasteiger partial charge in [-0.15, -0.1) is 24.0 Å². The number of pyridine rings is 1. The van der Waals surface area contributed by atoms with E-state index in [1.54, 1.807) is 0 Å². The maximum absolute atomic E-state index is 5.98. The summed E-state index contributed by atoms with van der Waals surface area (Å²) in [4.78, 5) is 11.6. The van der Waals surface area contributed by atoms with Gasteiger partial charge in [0.05, 0.1) is 19.3 Å². The Hall–Kier alpha value is -1.68. The molecular formula is C21H33IN6O. The SMILES string of the molecule is CCNC(=NCC(c1cccnc1)C(C)C)N1CCOC(c2cnn(C)c2)C1.I. The Balaban J connectivity index is 0.00000300. The first-order valence-corrected chi connectivity index (χ1v) is 10.1. The van der Waals surface area contributed by atoms with Crippen molar-refractivity contribution < 1.29 is 4.74 Å². The number of aliphatic imine (C=N–C) groups is 1. The summed E-state index contributed by atoms with van der Waals surface area (Å²) in [6.07, 6.45) is 7.71. The molecule has 0 spiro atoms. The molecule has 2 unspecified atom stereocenters. The Kier molecular flexibility index (Phi) is 9.35. The number of hydrogen-bond acceptors (Lipinski definition) is 4. The summed E-state index contributed by atoms with van der Waals surface area (Å²) in [5, 5.41) is 7.74. The van der Waals surface area contributed by atoms with Gasteiger partial charge in [0, 0.05) is 56.8 Å². The molecule has 0 aromatic carbocycles. The number of halogens is 1. The minimum absolute atomic E-state index is 0. The van der Waals surface area contributed by atoms with E-state index in [2.05, 4.69) is 47.1 Å². The van der Waals surface area contributed by atoms with Crippen LogP contribution in [-0.2, 0) is 11.8 Å². The molecule has 3 heterocycles. The van der Waals surface area contributed by atoms with Crippen molar-refractivity contribution in [3.05, 3.63) is 48.0 Å². The van der Waals surface area contributed by atoms with Crippen molar-refractivity contribution in [2.24, 2.45) is 18.0 Å². The molecule has 1 aliphatic rings. The molecule has 1 fully saturated rings. The fourth-order valence-corrected chi connectivity index (χ4v) is 3.56. The molecule has 0 bridgehead atoms. The summed E-state index contributed by atoms with van der Waals surface area (Å²) in [6.45, 7) is 10.5. The number of aromatic nitrogens is 3. The van der Waals surface area contributed by atoms with Gasteiger partial charge in [-0.05, 0) is 24.5 Å². The fourth-order valence-electron chi connectivity index (χ4n) is 3.56. The van der Waals surface area contributed by atoms with Crippen LogP contribution in [0, 0.1) is 5.92 Å². The van der Waals surface area contributed by atoms with Crippen LogP contribution in [0.4, 0.5) is 0 Å². The van der Waals surface area contributed by atoms with Gasteiger partial charge in [0.1, 0.15) is 6.10 Å². The van der Waals surface area contributed by atoms with E-state index in [-0.39, 0.29) is 30.1 Å². The highest BCUT2D eigenvalue weighted by Gasteiger charge is 2.25. The summed E-state index contributed by atoms with van der Waals surface area (Å²) >= 11 is 0. The van der Waals surface area contributed by atoms with Gasteiger partial charge in [0.15, 0.2) is 5.96 Å². The van der Waals surface area contributed by atoms with Gasteiger partial charge in [-0.1, -0.05) is 19.9 Å². The molecule has 2 aromatic rings. The zero-order chi connectivity index (χ0) is 19.9. The minimum atomic E-state index is 0. The molecule has 0 aliphatic carbocycles. The van der Waals surface area contributed by atoms with Gasteiger partial charge >= 0.3 is 0 Å². The van der Waals surface area contributed by atoms with Crippen molar-refractivity contribution in [3.8, 4) is 0 Å². The smallest absolute Gasteiger partial charge is 0.194 e. The lowest BCUT2D eigenvalue weighted by molar-refractivity contribution is -0.00805. The second-order valence-corrected chi connectivity index (χ2v) is 7.58. The van der Waals surface area contributed by atoms with Crippen LogP contribution in [0.15, 0.2) is 41.9 Å². The van der Waals surface area contributed by atoms with Crippen LogP contribution < -0.4 is 5.32 Å². The monoisotopic (exact) mass is 512 g/mol. The van der Waals surface area contributed by atoms with Crippen molar-refractivity contribution in [1.29, 1.82) is 0 Å². The third-order valence-electron chi connectivity index (χ3n) is 5.15. The second kappa shape index (κ2) is 11.5. The molecule has 8 heteroatoms. The lowest BCUT2D eigenvalue weighted by Gasteiger charge is -2.35. The van der Waals surface area contributed by atoms with E-state index in [1.807, 2.05) is 42.6 Å². The highest BCUT2D eigenvalue weighted by molar-refractivity contribution is 14.0. The van der Waals surface area contributed by atoms with Crippen LogP contribution >= 0.6 is 24.0 Å². The van der Waals surface area contributed by atoms with Gasteiger partial charge in [0.25, 0.3) is 0 Å². The molecule has 1 N–H and O–H groups in total. The topological polar surface area (TPSA) is 67.6 Å². The predicted molar refractivity (Wildman–Crippen MR) is 127 cm³/mol. The third kappa shape index (κ3) is 6.40. The van der Waals surface area contributed by atoms with Crippen molar-refractivity contribution in [1.82, 2.24) is 25.0 Å². The van der Waals surface area contributed by atoms with Crippen LogP contribution in [0.2, 0.25) is 0 Å². The average Bonchev–Trinajstić information content (AvgIpc) is 3.14. The van der Waals surface area contributed by atoms with E-state index in [9.17, 15) is 0 Å². The lowest BCUT2D eigenvalue weighted by Crippen LogP contribution is -2.48. The van der Waals surface area contributed by atoms with Crippen molar-refractivity contribution in [2.45, 2.75) is 32.8 Å². The number of nitrogens with zero attached hydrogens (tertiary/aromatic N) is 5. The quantitative estimate of drug-likeness (QED) is 0.366. The molecule has 29 heavy (non-hydrogen) atoms. The van der Waals surface area contributed by atoms with Gasteiger partial charge in [0.2, 0.25) is 0 Å². The van der Waals surface area contributed by atoms with E-state index in [4.69, 9.17) is 9.73 Å². The summed E-state index contributed by atoms with van der Waals surface area (Å²) < 4.78 is 7.80. The van der Waals surface area contributed by atoms with E-state index < -0.39 is 0 Å². The summed E-state index contributed by atoms with van der Waals surface area (Å²) in [7, 11) is 1.93. The van der Waals surface area contributed by atoms with Crippen LogP contribution in [0.1, 0.15) is 43.9 Å². The van der Waals surface area contributed by atoms with Crippen LogP contribution in [0.5, 0.6) is 0 Å². The lowest BCUT2D eigenvalue weighted by atomic mass is 9.89. The van der Waals surface area contributed by atoms with Crippen LogP contribution in [0.25, 0.3) is 0 Å². The first kappa shape index (κ1) is 23.6.